The van der Waals surface area contributed by atoms with E-state index in [-0.39, 0.29) is 11.6 Å². The van der Waals surface area contributed by atoms with Crippen molar-refractivity contribution >= 4 is 5.76 Å². The van der Waals surface area contributed by atoms with Crippen molar-refractivity contribution in [2.45, 2.75) is 25.2 Å². The van der Waals surface area contributed by atoms with Crippen LogP contribution in [0.25, 0.3) is 5.76 Å². The summed E-state index contributed by atoms with van der Waals surface area (Å²) in [6.07, 6.45) is -1.93. The Balaban J connectivity index is 2.26. The van der Waals surface area contributed by atoms with Gasteiger partial charge in [-0.2, -0.15) is 0 Å². The van der Waals surface area contributed by atoms with E-state index in [1.54, 1.807) is 6.92 Å². The van der Waals surface area contributed by atoms with Crippen LogP contribution in [0.5, 0.6) is 0 Å². The van der Waals surface area contributed by atoms with Gasteiger partial charge >= 0.3 is 0 Å². The first-order chi connectivity index (χ1) is 7.61. The zero-order valence-corrected chi connectivity index (χ0v) is 8.57. The van der Waals surface area contributed by atoms with E-state index in [0.29, 0.717) is 5.89 Å². The van der Waals surface area contributed by atoms with Crippen molar-refractivity contribution < 1.29 is 24.5 Å². The highest BCUT2D eigenvalue weighted by molar-refractivity contribution is 5.53. The van der Waals surface area contributed by atoms with E-state index in [9.17, 15) is 10.2 Å². The van der Waals surface area contributed by atoms with Crippen LogP contribution in [0, 0.1) is 6.92 Å². The van der Waals surface area contributed by atoms with Crippen molar-refractivity contribution in [2.24, 2.45) is 0 Å². The van der Waals surface area contributed by atoms with Crippen LogP contribution < -0.4 is 0 Å². The molecule has 88 valence electrons. The molecule has 2 rings (SSSR count). The Kier molecular flexibility index (Phi) is 2.90. The van der Waals surface area contributed by atoms with Crippen molar-refractivity contribution in [3.63, 3.8) is 0 Å². The molecule has 1 aromatic rings. The molecule has 1 aliphatic heterocycles. The van der Waals surface area contributed by atoms with Crippen LogP contribution in [0.2, 0.25) is 0 Å². The van der Waals surface area contributed by atoms with Gasteiger partial charge in [0.15, 0.2) is 11.9 Å². The number of hydrogen-bond acceptors (Lipinski definition) is 7. The molecule has 3 N–H and O–H groups in total. The van der Waals surface area contributed by atoms with Crippen LogP contribution in [0.3, 0.4) is 0 Å². The maximum absolute atomic E-state index is 9.51. The third kappa shape index (κ3) is 1.92. The summed E-state index contributed by atoms with van der Waals surface area (Å²) in [5.41, 5.74) is 0. The topological polar surface area (TPSA) is 109 Å². The fourth-order valence-electron chi connectivity index (χ4n) is 1.41. The second-order valence-electron chi connectivity index (χ2n) is 3.48. The number of aliphatic hydroxyl groups is 3. The third-order valence-corrected chi connectivity index (χ3v) is 2.25. The molecule has 1 aliphatic rings. The summed E-state index contributed by atoms with van der Waals surface area (Å²) in [5, 5.41) is 35.3. The van der Waals surface area contributed by atoms with Crippen LogP contribution in [0.1, 0.15) is 11.8 Å². The van der Waals surface area contributed by atoms with Gasteiger partial charge in [-0.05, 0) is 6.08 Å². The summed E-state index contributed by atoms with van der Waals surface area (Å²) >= 11 is 0. The zero-order valence-electron chi connectivity index (χ0n) is 8.57. The molecule has 0 saturated carbocycles. The minimum atomic E-state index is -1.17. The molecule has 0 fully saturated rings. The van der Waals surface area contributed by atoms with Gasteiger partial charge in [-0.25, -0.2) is 0 Å². The number of nitrogens with zero attached hydrogens (tertiary/aromatic N) is 2. The molecule has 2 heterocycles. The van der Waals surface area contributed by atoms with Gasteiger partial charge in [-0.15, -0.1) is 10.2 Å². The largest absolute Gasteiger partial charge is 0.480 e. The van der Waals surface area contributed by atoms with Crippen LogP contribution in [-0.4, -0.2) is 50.4 Å². The molecule has 7 heteroatoms. The highest BCUT2D eigenvalue weighted by Crippen LogP contribution is 2.24. The lowest BCUT2D eigenvalue weighted by Gasteiger charge is -2.29. The van der Waals surface area contributed by atoms with Crippen LogP contribution in [0.15, 0.2) is 10.5 Å². The van der Waals surface area contributed by atoms with E-state index >= 15 is 0 Å². The number of aromatic nitrogens is 2. The Labute approximate surface area is 91.0 Å². The molecular formula is C9H12N2O5. The molecule has 1 aromatic heterocycles. The van der Waals surface area contributed by atoms with Gasteiger partial charge in [-0.1, -0.05) is 0 Å². The Morgan fingerprint density at radius 3 is 2.69 bits per heavy atom. The molecule has 0 bridgehead atoms. The first-order valence-electron chi connectivity index (χ1n) is 4.77. The number of aliphatic hydroxyl groups excluding tert-OH is 3. The minimum Gasteiger partial charge on any atom is -0.480 e. The predicted octanol–water partition coefficient (Wildman–Crippen LogP) is -1.17. The predicted molar refractivity (Wildman–Crippen MR) is 51.0 cm³/mol. The zero-order chi connectivity index (χ0) is 11.7. The summed E-state index contributed by atoms with van der Waals surface area (Å²) in [6, 6.07) is 0. The maximum Gasteiger partial charge on any atom is 0.282 e. The van der Waals surface area contributed by atoms with Gasteiger partial charge in [0, 0.05) is 6.92 Å². The number of hydrogen-bond donors (Lipinski definition) is 3. The van der Waals surface area contributed by atoms with Crippen LogP contribution in [0.4, 0.5) is 0 Å². The summed E-state index contributed by atoms with van der Waals surface area (Å²) in [7, 11) is 0. The third-order valence-electron chi connectivity index (χ3n) is 2.25. The summed E-state index contributed by atoms with van der Waals surface area (Å²) in [4.78, 5) is 0. The lowest BCUT2D eigenvalue weighted by molar-refractivity contribution is -0.0734. The molecule has 0 saturated heterocycles. The Morgan fingerprint density at radius 2 is 2.12 bits per heavy atom. The van der Waals surface area contributed by atoms with E-state index in [1.807, 2.05) is 0 Å². The number of aryl methyl sites for hydroxylation is 1. The van der Waals surface area contributed by atoms with Gasteiger partial charge in [0.2, 0.25) is 5.89 Å². The van der Waals surface area contributed by atoms with Gasteiger partial charge in [-0.3, -0.25) is 0 Å². The van der Waals surface area contributed by atoms with Crippen molar-refractivity contribution in [3.05, 3.63) is 17.9 Å². The first kappa shape index (κ1) is 11.1. The number of ether oxygens (including phenoxy) is 1. The molecule has 7 nitrogen and oxygen atoms in total. The second kappa shape index (κ2) is 4.20. The lowest BCUT2D eigenvalue weighted by atomic mass is 10.0. The Hall–Kier alpha value is -1.44. The molecule has 0 aromatic carbocycles. The SMILES string of the molecule is Cc1nnc(C2=C[C@@H](O)[C@H](O)[C@@H](CO)O2)o1. The summed E-state index contributed by atoms with van der Waals surface area (Å²) < 4.78 is 10.3. The van der Waals surface area contributed by atoms with E-state index in [0.717, 1.165) is 0 Å². The molecule has 0 aliphatic carbocycles. The molecule has 0 radical (unpaired) electrons. The lowest BCUT2D eigenvalue weighted by Crippen LogP contribution is -2.43. The fraction of sp³-hybridized carbons (Fsp3) is 0.556. The van der Waals surface area contributed by atoms with Crippen LogP contribution >= 0.6 is 0 Å². The van der Waals surface area contributed by atoms with Crippen molar-refractivity contribution in [1.29, 1.82) is 0 Å². The van der Waals surface area contributed by atoms with Gasteiger partial charge in [0.25, 0.3) is 5.89 Å². The highest BCUT2D eigenvalue weighted by atomic mass is 16.5. The fourth-order valence-corrected chi connectivity index (χ4v) is 1.41. The van der Waals surface area contributed by atoms with Gasteiger partial charge in [0.1, 0.15) is 12.2 Å². The molecule has 0 spiro atoms. The maximum atomic E-state index is 9.51. The quantitative estimate of drug-likeness (QED) is 0.585. The van der Waals surface area contributed by atoms with Crippen LogP contribution in [-0.2, 0) is 4.74 Å². The molecule has 0 amide bonds. The minimum absolute atomic E-state index is 0.113. The standard InChI is InChI=1S/C9H12N2O5/c1-4-10-11-9(15-4)6-2-5(13)8(14)7(3-12)16-6/h2,5,7-8,12-14H,3H2,1H3/t5-,7-,8+/m1/s1. The first-order valence-corrected chi connectivity index (χ1v) is 4.77. The number of rotatable bonds is 2. The summed E-state index contributed by atoms with van der Waals surface area (Å²) in [6.45, 7) is 1.21. The van der Waals surface area contributed by atoms with E-state index in [2.05, 4.69) is 10.2 Å². The summed E-state index contributed by atoms with van der Waals surface area (Å²) in [5.74, 6) is 0.639. The molecule has 0 unspecified atom stereocenters. The van der Waals surface area contributed by atoms with Gasteiger partial charge < -0.3 is 24.5 Å². The van der Waals surface area contributed by atoms with E-state index in [4.69, 9.17) is 14.3 Å². The normalized spacial score (nSPS) is 29.8. The smallest absolute Gasteiger partial charge is 0.282 e. The Morgan fingerprint density at radius 1 is 1.38 bits per heavy atom. The molecule has 16 heavy (non-hydrogen) atoms. The van der Waals surface area contributed by atoms with Crippen molar-refractivity contribution in [1.82, 2.24) is 10.2 Å². The average Bonchev–Trinajstić information content (AvgIpc) is 2.69. The highest BCUT2D eigenvalue weighted by Gasteiger charge is 2.33. The van der Waals surface area contributed by atoms with Crippen molar-refractivity contribution in [2.75, 3.05) is 6.61 Å². The van der Waals surface area contributed by atoms with E-state index in [1.165, 1.54) is 6.08 Å². The average molecular weight is 228 g/mol. The van der Waals surface area contributed by atoms with E-state index < -0.39 is 24.9 Å². The Bertz CT molecular complexity index is 402. The van der Waals surface area contributed by atoms with Crippen molar-refractivity contribution in [3.8, 4) is 0 Å². The monoisotopic (exact) mass is 228 g/mol. The van der Waals surface area contributed by atoms with Gasteiger partial charge in [0.05, 0.1) is 6.61 Å². The molecular weight excluding hydrogens is 216 g/mol. The molecule has 3 atom stereocenters. The second-order valence-corrected chi connectivity index (χ2v) is 3.48.